The summed E-state index contributed by atoms with van der Waals surface area (Å²) in [5.41, 5.74) is 3.93. The summed E-state index contributed by atoms with van der Waals surface area (Å²) >= 11 is 0. The molecule has 3 saturated carbocycles. The van der Waals surface area contributed by atoms with Crippen LogP contribution in [0.4, 0.5) is 0 Å². The SMILES string of the molecule is C=CC=NC1=C(C)CC2(C)C(C1)CC(C)C1(C)C3CCC(CCCCC(C)C)C3CCC21. The van der Waals surface area contributed by atoms with Crippen molar-refractivity contribution in [2.75, 3.05) is 0 Å². The molecule has 0 radical (unpaired) electrons. The zero-order valence-electron chi connectivity index (χ0n) is 22.1. The van der Waals surface area contributed by atoms with Gasteiger partial charge in [0, 0.05) is 11.9 Å². The molecule has 0 aliphatic heterocycles. The van der Waals surface area contributed by atoms with Crippen molar-refractivity contribution in [3.63, 3.8) is 0 Å². The smallest absolute Gasteiger partial charge is 0.0396 e. The second-order valence-electron chi connectivity index (χ2n) is 13.2. The number of fused-ring (bicyclic) bond motifs is 5. The molecule has 0 aromatic rings. The van der Waals surface area contributed by atoms with E-state index in [1.54, 1.807) is 5.57 Å². The Hall–Kier alpha value is -0.850. The number of allylic oxidation sites excluding steroid dienone is 3. The second-order valence-corrected chi connectivity index (χ2v) is 13.2. The lowest BCUT2D eigenvalue weighted by Crippen LogP contribution is -2.59. The Labute approximate surface area is 199 Å². The van der Waals surface area contributed by atoms with Crippen LogP contribution < -0.4 is 0 Å². The van der Waals surface area contributed by atoms with Gasteiger partial charge >= 0.3 is 0 Å². The van der Waals surface area contributed by atoms with Crippen LogP contribution in [0.5, 0.6) is 0 Å². The Kier molecular flexibility index (Phi) is 7.15. The molecular weight excluding hydrogens is 386 g/mol. The summed E-state index contributed by atoms with van der Waals surface area (Å²) in [6, 6.07) is 0. The summed E-state index contributed by atoms with van der Waals surface area (Å²) in [5, 5.41) is 0. The van der Waals surface area contributed by atoms with Crippen LogP contribution in [0.2, 0.25) is 0 Å². The number of unbranched alkanes of at least 4 members (excludes halogenated alkanes) is 1. The van der Waals surface area contributed by atoms with E-state index in [4.69, 9.17) is 4.99 Å². The van der Waals surface area contributed by atoms with Gasteiger partial charge in [-0.25, -0.2) is 0 Å². The van der Waals surface area contributed by atoms with Crippen molar-refractivity contribution >= 4 is 6.21 Å². The van der Waals surface area contributed by atoms with Gasteiger partial charge in [-0.1, -0.05) is 78.5 Å². The first kappa shape index (κ1) is 24.3. The van der Waals surface area contributed by atoms with Crippen LogP contribution in [0, 0.1) is 52.3 Å². The number of nitrogens with zero attached hydrogens (tertiary/aromatic N) is 1. The molecule has 0 spiro atoms. The summed E-state index contributed by atoms with van der Waals surface area (Å²) in [5.74, 6) is 6.44. The molecule has 3 fully saturated rings. The van der Waals surface area contributed by atoms with Gasteiger partial charge in [0.05, 0.1) is 0 Å². The van der Waals surface area contributed by atoms with Crippen LogP contribution in [0.15, 0.2) is 28.9 Å². The minimum absolute atomic E-state index is 0.471. The first-order chi connectivity index (χ1) is 15.2. The lowest BCUT2D eigenvalue weighted by molar-refractivity contribution is -0.162. The number of hydrogen-bond acceptors (Lipinski definition) is 1. The van der Waals surface area contributed by atoms with Crippen molar-refractivity contribution in [1.82, 2.24) is 0 Å². The fourth-order valence-electron chi connectivity index (χ4n) is 9.56. The highest BCUT2D eigenvalue weighted by atomic mass is 14.8. The molecule has 4 aliphatic rings. The van der Waals surface area contributed by atoms with E-state index in [-0.39, 0.29) is 0 Å². The Morgan fingerprint density at radius 3 is 2.62 bits per heavy atom. The summed E-state index contributed by atoms with van der Waals surface area (Å²) in [7, 11) is 0. The Bertz CT molecular complexity index is 744. The van der Waals surface area contributed by atoms with E-state index in [9.17, 15) is 0 Å². The first-order valence-corrected chi connectivity index (χ1v) is 14.1. The highest BCUT2D eigenvalue weighted by Gasteiger charge is 2.63. The van der Waals surface area contributed by atoms with Gasteiger partial charge < -0.3 is 0 Å². The van der Waals surface area contributed by atoms with E-state index in [0.29, 0.717) is 10.8 Å². The molecule has 0 heterocycles. The minimum atomic E-state index is 0.471. The molecule has 4 rings (SSSR count). The topological polar surface area (TPSA) is 12.4 Å². The molecule has 1 heteroatoms. The van der Waals surface area contributed by atoms with Crippen molar-refractivity contribution < 1.29 is 0 Å². The highest BCUT2D eigenvalue weighted by Crippen LogP contribution is 2.71. The van der Waals surface area contributed by atoms with Crippen molar-refractivity contribution in [2.45, 2.75) is 112 Å². The molecule has 32 heavy (non-hydrogen) atoms. The van der Waals surface area contributed by atoms with Gasteiger partial charge in [-0.05, 0) is 104 Å². The van der Waals surface area contributed by atoms with E-state index in [2.05, 4.69) is 48.1 Å². The number of hydrogen-bond donors (Lipinski definition) is 0. The van der Waals surface area contributed by atoms with Gasteiger partial charge in [-0.15, -0.1) is 0 Å². The summed E-state index contributed by atoms with van der Waals surface area (Å²) in [4.78, 5) is 4.80. The standard InChI is InChI=1S/C31H51N/c1-8-17-32-28-19-25-18-23(5)31(7)27-15-13-24(12-10-9-11-21(2)3)26(27)14-16-29(31)30(25,6)20-22(28)4/h8,17,21,23-27,29H,1,9-16,18-20H2,2-7H3. The first-order valence-electron chi connectivity index (χ1n) is 14.1. The molecule has 8 unspecified atom stereocenters. The third kappa shape index (κ3) is 4.09. The summed E-state index contributed by atoms with van der Waals surface area (Å²) in [6.45, 7) is 19.0. The molecule has 8 atom stereocenters. The quantitative estimate of drug-likeness (QED) is 0.278. The van der Waals surface area contributed by atoms with Gasteiger partial charge in [-0.3, -0.25) is 4.99 Å². The maximum atomic E-state index is 4.80. The van der Waals surface area contributed by atoms with Crippen molar-refractivity contribution in [2.24, 2.45) is 57.2 Å². The zero-order valence-corrected chi connectivity index (χ0v) is 22.1. The van der Waals surface area contributed by atoms with Gasteiger partial charge in [0.25, 0.3) is 0 Å². The molecule has 0 amide bonds. The third-order valence-corrected chi connectivity index (χ3v) is 11.3. The van der Waals surface area contributed by atoms with Crippen molar-refractivity contribution in [1.29, 1.82) is 0 Å². The fourth-order valence-corrected chi connectivity index (χ4v) is 9.56. The largest absolute Gasteiger partial charge is 0.261 e. The molecule has 0 aromatic carbocycles. The monoisotopic (exact) mass is 437 g/mol. The molecule has 0 aromatic heterocycles. The average molecular weight is 438 g/mol. The third-order valence-electron chi connectivity index (χ3n) is 11.3. The Balaban J connectivity index is 1.52. The predicted molar refractivity (Wildman–Crippen MR) is 140 cm³/mol. The van der Waals surface area contributed by atoms with Gasteiger partial charge in [0.15, 0.2) is 0 Å². The second kappa shape index (κ2) is 9.42. The zero-order chi connectivity index (χ0) is 23.1. The lowest BCUT2D eigenvalue weighted by Gasteiger charge is -2.66. The van der Waals surface area contributed by atoms with Crippen LogP contribution in [0.25, 0.3) is 0 Å². The van der Waals surface area contributed by atoms with E-state index in [0.717, 1.165) is 41.4 Å². The molecular formula is C31H51N. The van der Waals surface area contributed by atoms with Gasteiger partial charge in [0.1, 0.15) is 0 Å². The molecule has 0 bridgehead atoms. The lowest BCUT2D eigenvalue weighted by atomic mass is 9.39. The van der Waals surface area contributed by atoms with E-state index in [1.165, 1.54) is 76.3 Å². The molecule has 180 valence electrons. The highest BCUT2D eigenvalue weighted by molar-refractivity contribution is 5.71. The molecule has 0 saturated heterocycles. The van der Waals surface area contributed by atoms with Crippen LogP contribution >= 0.6 is 0 Å². The normalized spacial score (nSPS) is 44.0. The Morgan fingerprint density at radius 2 is 1.91 bits per heavy atom. The van der Waals surface area contributed by atoms with E-state index >= 15 is 0 Å². The minimum Gasteiger partial charge on any atom is -0.261 e. The van der Waals surface area contributed by atoms with Gasteiger partial charge in [-0.2, -0.15) is 0 Å². The van der Waals surface area contributed by atoms with Gasteiger partial charge in [0.2, 0.25) is 0 Å². The van der Waals surface area contributed by atoms with E-state index < -0.39 is 0 Å². The summed E-state index contributed by atoms with van der Waals surface area (Å²) < 4.78 is 0. The van der Waals surface area contributed by atoms with E-state index in [1.807, 2.05) is 12.3 Å². The summed E-state index contributed by atoms with van der Waals surface area (Å²) in [6.07, 6.45) is 19.5. The van der Waals surface area contributed by atoms with Crippen LogP contribution in [0.3, 0.4) is 0 Å². The Morgan fingerprint density at radius 1 is 1.12 bits per heavy atom. The van der Waals surface area contributed by atoms with Crippen molar-refractivity contribution in [3.8, 4) is 0 Å². The predicted octanol–water partition coefficient (Wildman–Crippen LogP) is 9.25. The molecule has 4 aliphatic carbocycles. The number of aliphatic imine (C=N–C) groups is 1. The molecule has 1 nitrogen and oxygen atoms in total. The number of rotatable bonds is 7. The maximum absolute atomic E-state index is 4.80. The maximum Gasteiger partial charge on any atom is 0.0396 e. The molecule has 0 N–H and O–H groups in total. The average Bonchev–Trinajstić information content (AvgIpc) is 3.15. The van der Waals surface area contributed by atoms with Crippen LogP contribution in [0.1, 0.15) is 112 Å². The fraction of sp³-hybridized carbons (Fsp3) is 0.839. The van der Waals surface area contributed by atoms with Crippen LogP contribution in [-0.4, -0.2) is 6.21 Å². The van der Waals surface area contributed by atoms with Crippen LogP contribution in [-0.2, 0) is 0 Å². The van der Waals surface area contributed by atoms with Crippen molar-refractivity contribution in [3.05, 3.63) is 23.9 Å².